The van der Waals surface area contributed by atoms with Crippen molar-refractivity contribution in [3.63, 3.8) is 0 Å². The highest BCUT2D eigenvalue weighted by molar-refractivity contribution is 6.19. The first kappa shape index (κ1) is 9.03. The molecule has 0 saturated carbocycles. The van der Waals surface area contributed by atoms with Gasteiger partial charge in [0.25, 0.3) is 0 Å². The number of nitrogens with zero attached hydrogens (tertiary/aromatic N) is 1. The number of carbonyl (C=O) groups is 1. The quantitative estimate of drug-likeness (QED) is 0.389. The molecule has 10 heavy (non-hydrogen) atoms. The summed E-state index contributed by atoms with van der Waals surface area (Å²) >= 11 is 4.92. The Morgan fingerprint density at radius 3 is 2.80 bits per heavy atom. The number of carboxylic acids is 1. The number of halogens is 1. The van der Waals surface area contributed by atoms with Gasteiger partial charge in [0.2, 0.25) is 5.96 Å². The second kappa shape index (κ2) is 4.87. The van der Waals surface area contributed by atoms with Crippen molar-refractivity contribution < 1.29 is 9.90 Å². The van der Waals surface area contributed by atoms with Crippen LogP contribution in [0, 0.1) is 0 Å². The molecular formula is C4H8ClN3O2. The number of aliphatic carboxylic acids is 1. The van der Waals surface area contributed by atoms with Crippen LogP contribution < -0.4 is 11.1 Å². The Kier molecular flexibility index (Phi) is 4.39. The lowest BCUT2D eigenvalue weighted by Gasteiger charge is -1.99. The zero-order chi connectivity index (χ0) is 7.98. The zero-order valence-corrected chi connectivity index (χ0v) is 5.93. The van der Waals surface area contributed by atoms with Crippen LogP contribution in [0.25, 0.3) is 0 Å². The lowest BCUT2D eigenvalue weighted by molar-refractivity contribution is -0.136. The fraction of sp³-hybridized carbons (Fsp3) is 0.500. The molecule has 6 heteroatoms. The number of hydrogen-bond acceptors (Lipinski definition) is 2. The van der Waals surface area contributed by atoms with Crippen molar-refractivity contribution in [1.82, 2.24) is 5.32 Å². The van der Waals surface area contributed by atoms with E-state index in [-0.39, 0.29) is 18.9 Å². The normalized spacial score (nSPS) is 11.1. The lowest BCUT2D eigenvalue weighted by Crippen LogP contribution is -2.32. The van der Waals surface area contributed by atoms with E-state index in [9.17, 15) is 4.79 Å². The monoisotopic (exact) mass is 165 g/mol. The number of nitrogens with one attached hydrogen (secondary N) is 1. The average Bonchev–Trinajstić information content (AvgIpc) is 1.87. The smallest absolute Gasteiger partial charge is 0.305 e. The predicted molar refractivity (Wildman–Crippen MR) is 37.7 cm³/mol. The lowest BCUT2D eigenvalue weighted by atomic mass is 10.4. The van der Waals surface area contributed by atoms with E-state index in [1.165, 1.54) is 0 Å². The van der Waals surface area contributed by atoms with Gasteiger partial charge in [0, 0.05) is 18.3 Å². The maximum atomic E-state index is 9.92. The van der Waals surface area contributed by atoms with Crippen LogP contribution in [0.3, 0.4) is 0 Å². The highest BCUT2D eigenvalue weighted by Crippen LogP contribution is 1.76. The van der Waals surface area contributed by atoms with Crippen LogP contribution in [0.2, 0.25) is 0 Å². The molecule has 0 fully saturated rings. The Morgan fingerprint density at radius 1 is 1.80 bits per heavy atom. The van der Waals surface area contributed by atoms with Crippen LogP contribution in [-0.2, 0) is 4.79 Å². The van der Waals surface area contributed by atoms with Crippen molar-refractivity contribution in [3.05, 3.63) is 0 Å². The molecule has 0 aromatic rings. The summed E-state index contributed by atoms with van der Waals surface area (Å²) in [5, 5.41) is 10.6. The molecule has 0 spiro atoms. The summed E-state index contributed by atoms with van der Waals surface area (Å²) in [5.41, 5.74) is 5.07. The number of rotatable bonds is 3. The Morgan fingerprint density at radius 2 is 2.40 bits per heavy atom. The van der Waals surface area contributed by atoms with Gasteiger partial charge in [-0.15, -0.1) is 4.51 Å². The Balaban J connectivity index is 3.29. The van der Waals surface area contributed by atoms with Gasteiger partial charge in [-0.25, -0.2) is 0 Å². The van der Waals surface area contributed by atoms with Gasteiger partial charge in [0.1, 0.15) is 0 Å². The fourth-order valence-electron chi connectivity index (χ4n) is 0.327. The van der Waals surface area contributed by atoms with Crippen molar-refractivity contribution in [1.29, 1.82) is 0 Å². The van der Waals surface area contributed by atoms with Gasteiger partial charge in [0.15, 0.2) is 0 Å². The van der Waals surface area contributed by atoms with Gasteiger partial charge in [-0.3, -0.25) is 4.79 Å². The molecule has 0 aliphatic heterocycles. The number of nitrogens with two attached hydrogens (primary N) is 1. The molecule has 4 N–H and O–H groups in total. The molecule has 0 aliphatic carbocycles. The molecule has 58 valence electrons. The molecule has 0 aromatic heterocycles. The van der Waals surface area contributed by atoms with Gasteiger partial charge in [-0.1, -0.05) is 0 Å². The summed E-state index contributed by atoms with van der Waals surface area (Å²) in [6, 6.07) is 0. The van der Waals surface area contributed by atoms with Crippen LogP contribution in [0.4, 0.5) is 0 Å². The first-order chi connectivity index (χ1) is 4.66. The molecule has 0 aliphatic rings. The van der Waals surface area contributed by atoms with E-state index in [1.807, 2.05) is 0 Å². The molecular weight excluding hydrogens is 158 g/mol. The van der Waals surface area contributed by atoms with E-state index in [1.54, 1.807) is 0 Å². The van der Waals surface area contributed by atoms with Gasteiger partial charge in [0.05, 0.1) is 6.42 Å². The Hall–Kier alpha value is -0.970. The van der Waals surface area contributed by atoms with Gasteiger partial charge >= 0.3 is 5.97 Å². The van der Waals surface area contributed by atoms with Crippen molar-refractivity contribution in [2.24, 2.45) is 10.2 Å². The molecule has 0 unspecified atom stereocenters. The summed E-state index contributed by atoms with van der Waals surface area (Å²) in [7, 11) is 0. The largest absolute Gasteiger partial charge is 0.481 e. The summed E-state index contributed by atoms with van der Waals surface area (Å²) in [6.07, 6.45) is -0.00684. The third kappa shape index (κ3) is 5.17. The molecule has 0 amide bonds. The van der Waals surface area contributed by atoms with Crippen molar-refractivity contribution in [2.45, 2.75) is 6.42 Å². The second-order valence-electron chi connectivity index (χ2n) is 1.54. The molecule has 0 rings (SSSR count). The standard InChI is InChI=1S/C4H8ClN3O2/c5-8-4(6)7-2-1-3(9)10/h1-2H2,(H,9,10)(H3,6,7,8). The summed E-state index contributed by atoms with van der Waals surface area (Å²) in [6.45, 7) is 0.234. The van der Waals surface area contributed by atoms with E-state index < -0.39 is 5.97 Å². The van der Waals surface area contributed by atoms with E-state index in [0.29, 0.717) is 0 Å². The maximum absolute atomic E-state index is 9.92. The number of guanidine groups is 1. The minimum absolute atomic E-state index is 0.00684. The first-order valence-corrected chi connectivity index (χ1v) is 2.90. The molecule has 0 atom stereocenters. The first-order valence-electron chi connectivity index (χ1n) is 2.57. The van der Waals surface area contributed by atoms with Crippen molar-refractivity contribution >= 4 is 23.7 Å². The van der Waals surface area contributed by atoms with E-state index in [2.05, 4.69) is 9.83 Å². The Bertz CT molecular complexity index is 147. The third-order valence-corrected chi connectivity index (χ3v) is 0.918. The second-order valence-corrected chi connectivity index (χ2v) is 1.71. The Labute approximate surface area is 63.0 Å². The molecule has 0 aromatic carbocycles. The van der Waals surface area contributed by atoms with Gasteiger partial charge in [-0.05, 0) is 0 Å². The SMILES string of the molecule is NC(=NCl)NCCC(=O)O. The third-order valence-electron chi connectivity index (χ3n) is 0.736. The van der Waals surface area contributed by atoms with Gasteiger partial charge in [-0.2, -0.15) is 0 Å². The summed E-state index contributed by atoms with van der Waals surface area (Å²) in [5.74, 6) is -0.863. The van der Waals surface area contributed by atoms with Gasteiger partial charge < -0.3 is 16.2 Å². The molecule has 0 bridgehead atoms. The number of hydrogen-bond donors (Lipinski definition) is 3. The molecule has 0 saturated heterocycles. The average molecular weight is 166 g/mol. The highest BCUT2D eigenvalue weighted by atomic mass is 35.5. The van der Waals surface area contributed by atoms with Crippen LogP contribution in [-0.4, -0.2) is 23.6 Å². The van der Waals surface area contributed by atoms with Crippen molar-refractivity contribution in [3.8, 4) is 0 Å². The molecule has 0 heterocycles. The summed E-state index contributed by atoms with van der Waals surface area (Å²) < 4.78 is 3.05. The number of carboxylic acid groups (broad SMARTS) is 1. The topological polar surface area (TPSA) is 87.7 Å². The molecule has 0 radical (unpaired) electrons. The van der Waals surface area contributed by atoms with E-state index in [4.69, 9.17) is 22.6 Å². The predicted octanol–water partition coefficient (Wildman–Crippen LogP) is -0.481. The highest BCUT2D eigenvalue weighted by Gasteiger charge is 1.95. The minimum Gasteiger partial charge on any atom is -0.481 e. The van der Waals surface area contributed by atoms with Crippen LogP contribution in [0.15, 0.2) is 4.51 Å². The van der Waals surface area contributed by atoms with E-state index >= 15 is 0 Å². The van der Waals surface area contributed by atoms with E-state index in [0.717, 1.165) is 0 Å². The zero-order valence-electron chi connectivity index (χ0n) is 5.17. The van der Waals surface area contributed by atoms with Crippen LogP contribution in [0.1, 0.15) is 6.42 Å². The minimum atomic E-state index is -0.894. The van der Waals surface area contributed by atoms with Crippen LogP contribution >= 0.6 is 11.8 Å². The van der Waals surface area contributed by atoms with Crippen molar-refractivity contribution in [2.75, 3.05) is 6.54 Å². The van der Waals surface area contributed by atoms with Crippen LogP contribution in [0.5, 0.6) is 0 Å². The summed E-state index contributed by atoms with van der Waals surface area (Å²) in [4.78, 5) is 9.92. The fourth-order valence-corrected chi connectivity index (χ4v) is 0.387. The maximum Gasteiger partial charge on any atom is 0.305 e. The molecule has 5 nitrogen and oxygen atoms in total.